The number of hydrogen-bond acceptors (Lipinski definition) is 3. The van der Waals surface area contributed by atoms with E-state index in [1.165, 1.54) is 35.9 Å². The molecule has 0 radical (unpaired) electrons. The summed E-state index contributed by atoms with van der Waals surface area (Å²) in [4.78, 5) is 20.1. The highest BCUT2D eigenvalue weighted by atomic mass is 16.5. The number of aryl methyl sites for hydroxylation is 3. The molecule has 1 aliphatic carbocycles. The molecule has 1 saturated carbocycles. The van der Waals surface area contributed by atoms with Crippen LogP contribution >= 0.6 is 0 Å². The Bertz CT molecular complexity index is 1150. The summed E-state index contributed by atoms with van der Waals surface area (Å²) >= 11 is 0. The smallest absolute Gasteiger partial charge is 0.223 e. The first-order valence-electron chi connectivity index (χ1n) is 13.0. The third kappa shape index (κ3) is 4.84. The fourth-order valence-electron chi connectivity index (χ4n) is 5.71. The molecule has 180 valence electrons. The standard InChI is InChI=1S/C29H37N3O2/c1-21-14-15-22(2)27(18-21)34-17-9-8-16-31-26-13-7-6-12-25(26)30-29(31)23-19-28(33)32(20-23)24-10-4-3-5-11-24/h6-7,12-15,18,23-24H,3-5,8-11,16-17,19-20H2,1-2H3. The highest BCUT2D eigenvalue weighted by Gasteiger charge is 2.37. The van der Waals surface area contributed by atoms with Crippen LogP contribution in [0.5, 0.6) is 5.75 Å². The van der Waals surface area contributed by atoms with Gasteiger partial charge in [0.25, 0.3) is 0 Å². The molecule has 2 aliphatic rings. The van der Waals surface area contributed by atoms with E-state index in [0.29, 0.717) is 25.0 Å². The van der Waals surface area contributed by atoms with Crippen LogP contribution in [0.2, 0.25) is 0 Å². The third-order valence-electron chi connectivity index (χ3n) is 7.60. The molecule has 1 aromatic heterocycles. The van der Waals surface area contributed by atoms with E-state index in [-0.39, 0.29) is 5.92 Å². The Kier molecular flexibility index (Phi) is 6.89. The number of carbonyl (C=O) groups is 1. The predicted octanol–water partition coefficient (Wildman–Crippen LogP) is 6.16. The van der Waals surface area contributed by atoms with Crippen LogP contribution in [-0.2, 0) is 11.3 Å². The van der Waals surface area contributed by atoms with Crippen molar-refractivity contribution >= 4 is 16.9 Å². The predicted molar refractivity (Wildman–Crippen MR) is 136 cm³/mol. The molecule has 2 heterocycles. The van der Waals surface area contributed by atoms with Gasteiger partial charge in [0.1, 0.15) is 11.6 Å². The van der Waals surface area contributed by atoms with Crippen molar-refractivity contribution in [2.75, 3.05) is 13.2 Å². The van der Waals surface area contributed by atoms with Crippen LogP contribution in [0.25, 0.3) is 11.0 Å². The number of para-hydroxylation sites is 2. The zero-order valence-corrected chi connectivity index (χ0v) is 20.6. The summed E-state index contributed by atoms with van der Waals surface area (Å²) in [5, 5.41) is 0. The van der Waals surface area contributed by atoms with Crippen molar-refractivity contribution in [3.05, 3.63) is 59.4 Å². The Hall–Kier alpha value is -2.82. The molecule has 1 saturated heterocycles. The molecule has 1 atom stereocenters. The number of aromatic nitrogens is 2. The van der Waals surface area contributed by atoms with Crippen LogP contribution in [0.1, 0.15) is 74.2 Å². The lowest BCUT2D eigenvalue weighted by molar-refractivity contribution is -0.130. The van der Waals surface area contributed by atoms with Gasteiger partial charge in [-0.2, -0.15) is 0 Å². The molecule has 0 spiro atoms. The molecular weight excluding hydrogens is 422 g/mol. The number of rotatable bonds is 8. The van der Waals surface area contributed by atoms with Crippen molar-refractivity contribution in [2.45, 2.75) is 83.7 Å². The van der Waals surface area contributed by atoms with Crippen LogP contribution in [0.3, 0.4) is 0 Å². The highest BCUT2D eigenvalue weighted by molar-refractivity contribution is 5.81. The van der Waals surface area contributed by atoms with E-state index < -0.39 is 0 Å². The number of carbonyl (C=O) groups excluding carboxylic acids is 1. The van der Waals surface area contributed by atoms with Gasteiger partial charge in [-0.1, -0.05) is 43.5 Å². The van der Waals surface area contributed by atoms with Crippen LogP contribution in [0.15, 0.2) is 42.5 Å². The van der Waals surface area contributed by atoms with Crippen molar-refractivity contribution in [1.82, 2.24) is 14.5 Å². The molecule has 34 heavy (non-hydrogen) atoms. The minimum atomic E-state index is 0.188. The lowest BCUT2D eigenvalue weighted by atomic mass is 9.94. The summed E-state index contributed by atoms with van der Waals surface area (Å²) in [5.74, 6) is 2.58. The van der Waals surface area contributed by atoms with Gasteiger partial charge in [-0.25, -0.2) is 4.98 Å². The van der Waals surface area contributed by atoms with Gasteiger partial charge in [0.15, 0.2) is 0 Å². The van der Waals surface area contributed by atoms with E-state index in [0.717, 1.165) is 55.9 Å². The Morgan fingerprint density at radius 1 is 1.03 bits per heavy atom. The number of amides is 1. The Labute approximate surface area is 203 Å². The topological polar surface area (TPSA) is 47.4 Å². The molecule has 5 nitrogen and oxygen atoms in total. The van der Waals surface area contributed by atoms with Crippen molar-refractivity contribution < 1.29 is 9.53 Å². The summed E-state index contributed by atoms with van der Waals surface area (Å²) < 4.78 is 8.44. The number of nitrogens with zero attached hydrogens (tertiary/aromatic N) is 3. The Balaban J connectivity index is 1.26. The van der Waals surface area contributed by atoms with Crippen molar-refractivity contribution in [2.24, 2.45) is 0 Å². The fraction of sp³-hybridized carbons (Fsp3) is 0.517. The van der Waals surface area contributed by atoms with Crippen molar-refractivity contribution in [3.8, 4) is 5.75 Å². The summed E-state index contributed by atoms with van der Waals surface area (Å²) in [7, 11) is 0. The van der Waals surface area contributed by atoms with E-state index >= 15 is 0 Å². The lowest BCUT2D eigenvalue weighted by Gasteiger charge is -2.31. The van der Waals surface area contributed by atoms with Gasteiger partial charge in [-0.15, -0.1) is 0 Å². The number of ether oxygens (including phenoxy) is 1. The average Bonchev–Trinajstić information content (AvgIpc) is 3.42. The minimum absolute atomic E-state index is 0.188. The fourth-order valence-corrected chi connectivity index (χ4v) is 5.71. The Morgan fingerprint density at radius 3 is 2.71 bits per heavy atom. The van der Waals surface area contributed by atoms with E-state index in [1.807, 2.05) is 0 Å². The Morgan fingerprint density at radius 2 is 1.85 bits per heavy atom. The maximum absolute atomic E-state index is 12.9. The van der Waals surface area contributed by atoms with Crippen LogP contribution < -0.4 is 4.74 Å². The lowest BCUT2D eigenvalue weighted by Crippen LogP contribution is -2.37. The van der Waals surface area contributed by atoms with Crippen molar-refractivity contribution in [3.63, 3.8) is 0 Å². The van der Waals surface area contributed by atoms with Crippen LogP contribution in [-0.4, -0.2) is 39.6 Å². The van der Waals surface area contributed by atoms with Crippen LogP contribution in [0, 0.1) is 13.8 Å². The zero-order valence-electron chi connectivity index (χ0n) is 20.6. The first-order valence-corrected chi connectivity index (χ1v) is 13.0. The first-order chi connectivity index (χ1) is 16.6. The quantitative estimate of drug-likeness (QED) is 0.379. The first kappa shape index (κ1) is 22.9. The number of imidazole rings is 1. The third-order valence-corrected chi connectivity index (χ3v) is 7.60. The molecule has 2 fully saturated rings. The number of benzene rings is 2. The highest BCUT2D eigenvalue weighted by Crippen LogP contribution is 2.34. The maximum Gasteiger partial charge on any atom is 0.223 e. The number of unbranched alkanes of at least 4 members (excludes halogenated alkanes) is 1. The molecule has 2 aromatic carbocycles. The molecule has 5 heteroatoms. The van der Waals surface area contributed by atoms with E-state index in [4.69, 9.17) is 9.72 Å². The molecule has 5 rings (SSSR count). The van der Waals surface area contributed by atoms with Gasteiger partial charge in [0.05, 0.1) is 17.6 Å². The zero-order chi connectivity index (χ0) is 23.5. The molecule has 1 aliphatic heterocycles. The molecule has 0 bridgehead atoms. The van der Waals surface area contributed by atoms with Gasteiger partial charge < -0.3 is 14.2 Å². The van der Waals surface area contributed by atoms with Crippen molar-refractivity contribution in [1.29, 1.82) is 0 Å². The van der Waals surface area contributed by atoms with E-state index in [1.54, 1.807) is 0 Å². The SMILES string of the molecule is Cc1ccc(C)c(OCCCCn2c(C3CC(=O)N(C4CCCCC4)C3)nc3ccccc32)c1. The van der Waals surface area contributed by atoms with Gasteiger partial charge in [-0.05, 0) is 68.9 Å². The van der Waals surface area contributed by atoms with E-state index in [9.17, 15) is 4.79 Å². The largest absolute Gasteiger partial charge is 0.493 e. The second kappa shape index (κ2) is 10.2. The number of likely N-dealkylation sites (tertiary alicyclic amines) is 1. The average molecular weight is 460 g/mol. The normalized spacial score (nSPS) is 19.3. The van der Waals surface area contributed by atoms with Gasteiger partial charge in [0, 0.05) is 31.5 Å². The summed E-state index contributed by atoms with van der Waals surface area (Å²) in [6.07, 6.45) is 8.73. The maximum atomic E-state index is 12.9. The minimum Gasteiger partial charge on any atom is -0.493 e. The van der Waals surface area contributed by atoms with Gasteiger partial charge >= 0.3 is 0 Å². The monoisotopic (exact) mass is 459 g/mol. The summed E-state index contributed by atoms with van der Waals surface area (Å²) in [5.41, 5.74) is 4.62. The molecule has 0 N–H and O–H groups in total. The molecule has 1 amide bonds. The van der Waals surface area contributed by atoms with E-state index in [2.05, 4.69) is 65.8 Å². The molecule has 3 aromatic rings. The van der Waals surface area contributed by atoms with Gasteiger partial charge in [0.2, 0.25) is 5.91 Å². The number of hydrogen-bond donors (Lipinski definition) is 0. The second-order valence-corrected chi connectivity index (χ2v) is 10.2. The molecule has 1 unspecified atom stereocenters. The summed E-state index contributed by atoms with van der Waals surface area (Å²) in [6, 6.07) is 15.2. The summed E-state index contributed by atoms with van der Waals surface area (Å²) in [6.45, 7) is 6.63. The van der Waals surface area contributed by atoms with Crippen LogP contribution in [0.4, 0.5) is 0 Å². The second-order valence-electron chi connectivity index (χ2n) is 10.2. The van der Waals surface area contributed by atoms with Gasteiger partial charge in [-0.3, -0.25) is 4.79 Å². The molecular formula is C29H37N3O2. The number of fused-ring (bicyclic) bond motifs is 1.